The third-order valence-electron chi connectivity index (χ3n) is 2.37. The molecule has 2 aromatic rings. The van der Waals surface area contributed by atoms with Gasteiger partial charge in [0.05, 0.1) is 12.3 Å². The molecular formula is C12H14BrN3O. The minimum atomic E-state index is 0.668. The summed E-state index contributed by atoms with van der Waals surface area (Å²) in [6.07, 6.45) is 3.70. The van der Waals surface area contributed by atoms with Crippen LogP contribution in [0.4, 0.5) is 11.6 Å². The Morgan fingerprint density at radius 1 is 1.41 bits per heavy atom. The Kier molecular flexibility index (Phi) is 4.17. The highest BCUT2D eigenvalue weighted by molar-refractivity contribution is 9.10. The van der Waals surface area contributed by atoms with E-state index in [0.29, 0.717) is 6.61 Å². The Bertz CT molecular complexity index is 484. The molecule has 4 nitrogen and oxygen atoms in total. The second-order valence-electron chi connectivity index (χ2n) is 3.54. The first-order valence-corrected chi connectivity index (χ1v) is 6.12. The number of hydrogen-bond donors (Lipinski definition) is 1. The van der Waals surface area contributed by atoms with Crippen LogP contribution in [0, 0.1) is 0 Å². The van der Waals surface area contributed by atoms with Gasteiger partial charge in [0, 0.05) is 30.5 Å². The third-order valence-corrected chi connectivity index (χ3v) is 3.06. The summed E-state index contributed by atoms with van der Waals surface area (Å²) in [5.74, 6) is 0.814. The molecule has 5 heteroatoms. The van der Waals surface area contributed by atoms with E-state index in [-0.39, 0.29) is 0 Å². The Morgan fingerprint density at radius 2 is 2.24 bits per heavy atom. The SMILES string of the molecule is COCCn1ccnc1Nc1ccccc1Br. The van der Waals surface area contributed by atoms with Gasteiger partial charge in [0.1, 0.15) is 0 Å². The first-order valence-electron chi connectivity index (χ1n) is 5.33. The molecule has 0 saturated carbocycles. The molecule has 1 aromatic heterocycles. The van der Waals surface area contributed by atoms with Crippen LogP contribution in [0.5, 0.6) is 0 Å². The maximum absolute atomic E-state index is 5.06. The maximum Gasteiger partial charge on any atom is 0.207 e. The Hall–Kier alpha value is -1.33. The zero-order valence-electron chi connectivity index (χ0n) is 9.56. The summed E-state index contributed by atoms with van der Waals surface area (Å²) >= 11 is 3.50. The number of aromatic nitrogens is 2. The quantitative estimate of drug-likeness (QED) is 0.921. The van der Waals surface area contributed by atoms with Crippen molar-refractivity contribution in [2.24, 2.45) is 0 Å². The van der Waals surface area contributed by atoms with Crippen LogP contribution in [0.1, 0.15) is 0 Å². The molecule has 1 heterocycles. The third kappa shape index (κ3) is 3.08. The first-order chi connectivity index (χ1) is 8.31. The fourth-order valence-electron chi connectivity index (χ4n) is 1.49. The van der Waals surface area contributed by atoms with Gasteiger partial charge in [-0.3, -0.25) is 0 Å². The number of benzene rings is 1. The van der Waals surface area contributed by atoms with Crippen LogP contribution in [0.2, 0.25) is 0 Å². The summed E-state index contributed by atoms with van der Waals surface area (Å²) in [6.45, 7) is 1.45. The number of hydrogen-bond acceptors (Lipinski definition) is 3. The van der Waals surface area contributed by atoms with E-state index in [1.165, 1.54) is 0 Å². The summed E-state index contributed by atoms with van der Waals surface area (Å²) in [4.78, 5) is 4.28. The molecule has 0 aliphatic heterocycles. The van der Waals surface area contributed by atoms with Gasteiger partial charge >= 0.3 is 0 Å². The van der Waals surface area contributed by atoms with Gasteiger partial charge in [-0.2, -0.15) is 0 Å². The highest BCUT2D eigenvalue weighted by Gasteiger charge is 2.04. The van der Waals surface area contributed by atoms with E-state index in [1.54, 1.807) is 13.3 Å². The van der Waals surface area contributed by atoms with E-state index < -0.39 is 0 Å². The van der Waals surface area contributed by atoms with Crippen LogP contribution >= 0.6 is 15.9 Å². The van der Waals surface area contributed by atoms with Crippen molar-refractivity contribution in [2.45, 2.75) is 6.54 Å². The average molecular weight is 296 g/mol. The molecule has 0 amide bonds. The molecule has 0 spiro atoms. The molecule has 0 aliphatic rings. The second kappa shape index (κ2) is 5.84. The molecule has 0 aliphatic carbocycles. The van der Waals surface area contributed by atoms with Crippen LogP contribution in [0.3, 0.4) is 0 Å². The number of anilines is 2. The van der Waals surface area contributed by atoms with E-state index in [0.717, 1.165) is 22.7 Å². The molecular weight excluding hydrogens is 282 g/mol. The number of ether oxygens (including phenoxy) is 1. The van der Waals surface area contributed by atoms with Gasteiger partial charge in [-0.25, -0.2) is 4.98 Å². The monoisotopic (exact) mass is 295 g/mol. The van der Waals surface area contributed by atoms with E-state index in [4.69, 9.17) is 4.74 Å². The number of methoxy groups -OCH3 is 1. The number of para-hydroxylation sites is 1. The number of nitrogens with zero attached hydrogens (tertiary/aromatic N) is 2. The molecule has 1 N–H and O–H groups in total. The number of nitrogens with one attached hydrogen (secondary N) is 1. The summed E-state index contributed by atoms with van der Waals surface area (Å²) in [7, 11) is 1.69. The summed E-state index contributed by atoms with van der Waals surface area (Å²) in [6, 6.07) is 7.95. The van der Waals surface area contributed by atoms with Crippen molar-refractivity contribution in [3.63, 3.8) is 0 Å². The predicted octanol–water partition coefficient (Wildman–Crippen LogP) is 3.04. The highest BCUT2D eigenvalue weighted by Crippen LogP contribution is 2.24. The fraction of sp³-hybridized carbons (Fsp3) is 0.250. The second-order valence-corrected chi connectivity index (χ2v) is 4.40. The number of rotatable bonds is 5. The molecule has 0 fully saturated rings. The highest BCUT2D eigenvalue weighted by atomic mass is 79.9. The number of imidazole rings is 1. The summed E-state index contributed by atoms with van der Waals surface area (Å²) < 4.78 is 8.09. The molecule has 0 saturated heterocycles. The van der Waals surface area contributed by atoms with Crippen molar-refractivity contribution in [3.05, 3.63) is 41.1 Å². The van der Waals surface area contributed by atoms with Gasteiger partial charge < -0.3 is 14.6 Å². The average Bonchev–Trinajstić information content (AvgIpc) is 2.77. The van der Waals surface area contributed by atoms with Crippen LogP contribution in [0.15, 0.2) is 41.1 Å². The normalized spacial score (nSPS) is 10.5. The molecule has 0 unspecified atom stereocenters. The van der Waals surface area contributed by atoms with E-state index in [9.17, 15) is 0 Å². The lowest BCUT2D eigenvalue weighted by atomic mass is 10.3. The lowest BCUT2D eigenvalue weighted by molar-refractivity contribution is 0.188. The van der Waals surface area contributed by atoms with Crippen LogP contribution in [-0.4, -0.2) is 23.3 Å². The first kappa shape index (κ1) is 12.1. The minimum Gasteiger partial charge on any atom is -0.383 e. The molecule has 0 radical (unpaired) electrons. The lowest BCUT2D eigenvalue weighted by Crippen LogP contribution is -2.07. The molecule has 0 atom stereocenters. The van der Waals surface area contributed by atoms with Crippen molar-refractivity contribution in [3.8, 4) is 0 Å². The van der Waals surface area contributed by atoms with Gasteiger partial charge in [-0.1, -0.05) is 12.1 Å². The molecule has 17 heavy (non-hydrogen) atoms. The Labute approximate surface area is 109 Å². The van der Waals surface area contributed by atoms with E-state index in [2.05, 4.69) is 26.2 Å². The van der Waals surface area contributed by atoms with Crippen molar-refractivity contribution in [1.29, 1.82) is 0 Å². The summed E-state index contributed by atoms with van der Waals surface area (Å²) in [5, 5.41) is 3.28. The Balaban J connectivity index is 2.13. The minimum absolute atomic E-state index is 0.668. The molecule has 1 aromatic carbocycles. The molecule has 2 rings (SSSR count). The van der Waals surface area contributed by atoms with Gasteiger partial charge in [-0.05, 0) is 28.1 Å². The van der Waals surface area contributed by atoms with Crippen molar-refractivity contribution in [1.82, 2.24) is 9.55 Å². The topological polar surface area (TPSA) is 39.1 Å². The van der Waals surface area contributed by atoms with Gasteiger partial charge in [0.2, 0.25) is 5.95 Å². The van der Waals surface area contributed by atoms with Crippen LogP contribution < -0.4 is 5.32 Å². The predicted molar refractivity (Wildman–Crippen MR) is 71.5 cm³/mol. The van der Waals surface area contributed by atoms with Crippen molar-refractivity contribution < 1.29 is 4.74 Å². The lowest BCUT2D eigenvalue weighted by Gasteiger charge is -2.10. The molecule has 0 bridgehead atoms. The van der Waals surface area contributed by atoms with Crippen molar-refractivity contribution in [2.75, 3.05) is 19.0 Å². The largest absolute Gasteiger partial charge is 0.383 e. The number of halogens is 1. The zero-order chi connectivity index (χ0) is 12.1. The smallest absolute Gasteiger partial charge is 0.207 e. The van der Waals surface area contributed by atoms with Gasteiger partial charge in [0.15, 0.2) is 0 Å². The maximum atomic E-state index is 5.06. The van der Waals surface area contributed by atoms with Crippen molar-refractivity contribution >= 4 is 27.6 Å². The summed E-state index contributed by atoms with van der Waals surface area (Å²) in [5.41, 5.74) is 0.998. The van der Waals surface area contributed by atoms with Gasteiger partial charge in [-0.15, -0.1) is 0 Å². The van der Waals surface area contributed by atoms with Crippen LogP contribution in [0.25, 0.3) is 0 Å². The zero-order valence-corrected chi connectivity index (χ0v) is 11.1. The standard InChI is InChI=1S/C12H14BrN3O/c1-17-9-8-16-7-6-14-12(16)15-11-5-3-2-4-10(11)13/h2-7H,8-9H2,1H3,(H,14,15). The molecule has 90 valence electrons. The van der Waals surface area contributed by atoms with Gasteiger partial charge in [0.25, 0.3) is 0 Å². The Morgan fingerprint density at radius 3 is 3.00 bits per heavy atom. The van der Waals surface area contributed by atoms with E-state index >= 15 is 0 Å². The fourth-order valence-corrected chi connectivity index (χ4v) is 1.87. The van der Waals surface area contributed by atoms with E-state index in [1.807, 2.05) is 35.0 Å². The van der Waals surface area contributed by atoms with Crippen LogP contribution in [-0.2, 0) is 11.3 Å².